The van der Waals surface area contributed by atoms with Crippen LogP contribution in [0.3, 0.4) is 0 Å². The van der Waals surface area contributed by atoms with Gasteiger partial charge >= 0.3 is 0 Å². The number of nitrogens with zero attached hydrogens (tertiary/aromatic N) is 1. The molecule has 0 saturated carbocycles. The minimum atomic E-state index is -0.432. The van der Waals surface area contributed by atoms with E-state index in [4.69, 9.17) is 0 Å². The van der Waals surface area contributed by atoms with Crippen molar-refractivity contribution in [2.75, 3.05) is 18.4 Å². The maximum atomic E-state index is 11.4. The molecule has 0 bridgehead atoms. The van der Waals surface area contributed by atoms with Gasteiger partial charge in [-0.25, -0.2) is 0 Å². The Hall–Kier alpha value is -2.73. The number of rotatable bonds is 6. The highest BCUT2D eigenvalue weighted by Crippen LogP contribution is 2.27. The molecule has 1 fully saturated rings. The van der Waals surface area contributed by atoms with Crippen LogP contribution in [0.5, 0.6) is 0 Å². The Morgan fingerprint density at radius 1 is 1.28 bits per heavy atom. The highest BCUT2D eigenvalue weighted by molar-refractivity contribution is 5.95. The molecule has 2 aromatic rings. The lowest BCUT2D eigenvalue weighted by Gasteiger charge is -2.15. The predicted octanol–water partition coefficient (Wildman–Crippen LogP) is 2.07. The van der Waals surface area contributed by atoms with Gasteiger partial charge in [0.25, 0.3) is 5.69 Å². The number of nitro groups is 1. The number of nitrogens with one attached hydrogen (secondary N) is 2. The van der Waals surface area contributed by atoms with E-state index in [1.807, 2.05) is 18.2 Å². The van der Waals surface area contributed by atoms with Gasteiger partial charge in [0, 0.05) is 23.6 Å². The molecule has 0 radical (unpaired) electrons. The highest BCUT2D eigenvalue weighted by atomic mass is 16.6. The molecule has 25 heavy (non-hydrogen) atoms. The van der Waals surface area contributed by atoms with Crippen LogP contribution in [0, 0.1) is 10.1 Å². The van der Waals surface area contributed by atoms with Crippen LogP contribution in [0.25, 0.3) is 0 Å². The molecule has 0 aliphatic carbocycles. The number of quaternary nitrogens is 1. The largest absolute Gasteiger partial charge is 0.371 e. The minimum Gasteiger partial charge on any atom is -0.371 e. The fourth-order valence-corrected chi connectivity index (χ4v) is 3.34. The number of hydrogen-bond acceptors (Lipinski definition) is 4. The van der Waals surface area contributed by atoms with Gasteiger partial charge < -0.3 is 10.2 Å². The molecule has 3 rings (SSSR count). The van der Waals surface area contributed by atoms with E-state index in [0.717, 1.165) is 26.1 Å². The molecule has 1 saturated heterocycles. The van der Waals surface area contributed by atoms with Crippen LogP contribution in [0.1, 0.15) is 29.3 Å². The summed E-state index contributed by atoms with van der Waals surface area (Å²) in [6, 6.07) is 15.2. The minimum absolute atomic E-state index is 0.0378. The zero-order valence-corrected chi connectivity index (χ0v) is 14.2. The molecular formula is C19H22N3O3+. The summed E-state index contributed by atoms with van der Waals surface area (Å²) in [5, 5.41) is 14.6. The second kappa shape index (κ2) is 7.44. The van der Waals surface area contributed by atoms with Crippen LogP contribution in [-0.4, -0.2) is 29.8 Å². The van der Waals surface area contributed by atoms with Crippen LogP contribution in [0.2, 0.25) is 0 Å². The third kappa shape index (κ3) is 4.22. The Labute approximate surface area is 146 Å². The Balaban J connectivity index is 1.67. The normalized spacial score (nSPS) is 19.6. The van der Waals surface area contributed by atoms with E-state index >= 15 is 0 Å². The summed E-state index contributed by atoms with van der Waals surface area (Å²) in [5.74, 6) is -0.172. The van der Waals surface area contributed by atoms with Crippen molar-refractivity contribution in [3.63, 3.8) is 0 Å². The van der Waals surface area contributed by atoms with Gasteiger partial charge in [-0.15, -0.1) is 0 Å². The molecule has 1 aliphatic heterocycles. The first-order chi connectivity index (χ1) is 12.0. The standard InChI is InChI=1S/C19H21N3O3/c1-14(23)16-7-8-18(19(11-16)22(24)25)20-17-9-10-21(13-17)12-15-5-3-2-4-6-15/h2-8,11,17,20H,9-10,12-13H2,1H3/p+1/t17-/m0/s1. The molecule has 2 aromatic carbocycles. The quantitative estimate of drug-likeness (QED) is 0.479. The van der Waals surface area contributed by atoms with Gasteiger partial charge in [0.2, 0.25) is 0 Å². The van der Waals surface area contributed by atoms with Gasteiger partial charge in [-0.1, -0.05) is 30.3 Å². The molecule has 0 spiro atoms. The first-order valence-corrected chi connectivity index (χ1v) is 8.46. The molecule has 1 unspecified atom stereocenters. The smallest absolute Gasteiger partial charge is 0.293 e. The van der Waals surface area contributed by atoms with E-state index in [2.05, 4.69) is 17.4 Å². The fourth-order valence-electron chi connectivity index (χ4n) is 3.34. The molecule has 130 valence electrons. The molecule has 0 amide bonds. The maximum absolute atomic E-state index is 11.4. The number of Topliss-reactive ketones (excluding diaryl/α,β-unsaturated/α-hetero) is 1. The first-order valence-electron chi connectivity index (χ1n) is 8.46. The monoisotopic (exact) mass is 340 g/mol. The summed E-state index contributed by atoms with van der Waals surface area (Å²) in [6.07, 6.45) is 0.966. The molecular weight excluding hydrogens is 318 g/mol. The van der Waals surface area contributed by atoms with Crippen LogP contribution in [0.15, 0.2) is 48.5 Å². The third-order valence-corrected chi connectivity index (χ3v) is 4.64. The van der Waals surface area contributed by atoms with Crippen molar-refractivity contribution in [1.82, 2.24) is 0 Å². The molecule has 1 aliphatic rings. The number of likely N-dealkylation sites (tertiary alicyclic amines) is 1. The van der Waals surface area contributed by atoms with E-state index in [0.29, 0.717) is 11.3 Å². The van der Waals surface area contributed by atoms with Crippen molar-refractivity contribution in [1.29, 1.82) is 0 Å². The van der Waals surface area contributed by atoms with Crippen LogP contribution < -0.4 is 10.2 Å². The van der Waals surface area contributed by atoms with Crippen LogP contribution in [0.4, 0.5) is 11.4 Å². The number of nitro benzene ring substituents is 1. The molecule has 0 aromatic heterocycles. The first kappa shape index (κ1) is 17.1. The molecule has 2 N–H and O–H groups in total. The molecule has 2 atom stereocenters. The number of hydrogen-bond donors (Lipinski definition) is 2. The average Bonchev–Trinajstić information content (AvgIpc) is 3.02. The second-order valence-corrected chi connectivity index (χ2v) is 6.54. The highest BCUT2D eigenvalue weighted by Gasteiger charge is 2.28. The Morgan fingerprint density at radius 3 is 2.72 bits per heavy atom. The van der Waals surface area contributed by atoms with Crippen molar-refractivity contribution < 1.29 is 14.6 Å². The third-order valence-electron chi connectivity index (χ3n) is 4.64. The van der Waals surface area contributed by atoms with E-state index in [-0.39, 0.29) is 17.5 Å². The Bertz CT molecular complexity index is 777. The lowest BCUT2D eigenvalue weighted by Crippen LogP contribution is -3.09. The number of carbonyl (C=O) groups excluding carboxylic acids is 1. The average molecular weight is 340 g/mol. The number of ketones is 1. The molecule has 6 heteroatoms. The van der Waals surface area contributed by atoms with Crippen LogP contribution in [-0.2, 0) is 6.54 Å². The van der Waals surface area contributed by atoms with Gasteiger partial charge in [0.05, 0.1) is 24.1 Å². The van der Waals surface area contributed by atoms with Crippen molar-refractivity contribution in [2.45, 2.75) is 25.9 Å². The number of benzene rings is 2. The predicted molar refractivity (Wildman–Crippen MR) is 96.0 cm³/mol. The van der Waals surface area contributed by atoms with E-state index in [9.17, 15) is 14.9 Å². The molecule has 1 heterocycles. The second-order valence-electron chi connectivity index (χ2n) is 6.54. The fraction of sp³-hybridized carbons (Fsp3) is 0.316. The Morgan fingerprint density at radius 2 is 2.04 bits per heavy atom. The zero-order valence-electron chi connectivity index (χ0n) is 14.2. The van der Waals surface area contributed by atoms with Gasteiger partial charge in [-0.05, 0) is 19.1 Å². The van der Waals surface area contributed by atoms with E-state index in [1.54, 1.807) is 12.1 Å². The summed E-state index contributed by atoms with van der Waals surface area (Å²) >= 11 is 0. The van der Waals surface area contributed by atoms with Crippen molar-refractivity contribution in [3.8, 4) is 0 Å². The summed E-state index contributed by atoms with van der Waals surface area (Å²) in [6.45, 7) is 4.32. The SMILES string of the molecule is CC(=O)c1ccc(N[C@H]2CC[NH+](Cc3ccccc3)C2)c([N+](=O)[O-])c1. The van der Waals surface area contributed by atoms with Gasteiger partial charge in [0.1, 0.15) is 12.2 Å². The summed E-state index contributed by atoms with van der Waals surface area (Å²) in [4.78, 5) is 23.8. The van der Waals surface area contributed by atoms with Crippen molar-refractivity contribution in [3.05, 3.63) is 69.8 Å². The lowest BCUT2D eigenvalue weighted by atomic mass is 10.1. The summed E-state index contributed by atoms with van der Waals surface area (Å²) < 4.78 is 0. The van der Waals surface area contributed by atoms with E-state index < -0.39 is 4.92 Å². The van der Waals surface area contributed by atoms with Crippen molar-refractivity contribution >= 4 is 17.2 Å². The van der Waals surface area contributed by atoms with Gasteiger partial charge in [0.15, 0.2) is 5.78 Å². The van der Waals surface area contributed by atoms with Gasteiger partial charge in [-0.3, -0.25) is 14.9 Å². The topological polar surface area (TPSA) is 76.7 Å². The Kier molecular flexibility index (Phi) is 5.09. The summed E-state index contributed by atoms with van der Waals surface area (Å²) in [7, 11) is 0. The maximum Gasteiger partial charge on any atom is 0.293 e. The summed E-state index contributed by atoms with van der Waals surface area (Å²) in [5.41, 5.74) is 2.11. The lowest BCUT2D eigenvalue weighted by molar-refractivity contribution is -0.901. The van der Waals surface area contributed by atoms with E-state index in [1.165, 1.54) is 23.5 Å². The molecule has 6 nitrogen and oxygen atoms in total. The van der Waals surface area contributed by atoms with Crippen molar-refractivity contribution in [2.24, 2.45) is 0 Å². The number of anilines is 1. The van der Waals surface area contributed by atoms with Gasteiger partial charge in [-0.2, -0.15) is 0 Å². The zero-order chi connectivity index (χ0) is 17.8. The van der Waals surface area contributed by atoms with Crippen LogP contribution >= 0.6 is 0 Å². The number of carbonyl (C=O) groups is 1.